The Balaban J connectivity index is 1.13. The molecule has 3 aromatic rings. The first-order valence-corrected chi connectivity index (χ1v) is 15.5. The number of allylic oxidation sites excluding steroid dienone is 2. The van der Waals surface area contributed by atoms with Gasteiger partial charge in [-0.3, -0.25) is 9.80 Å². The van der Waals surface area contributed by atoms with Crippen LogP contribution < -0.4 is 9.47 Å². The Morgan fingerprint density at radius 2 is 1.15 bits per heavy atom. The molecule has 0 aromatic heterocycles. The van der Waals surface area contributed by atoms with Crippen molar-refractivity contribution in [1.82, 2.24) is 9.80 Å². The molecular formula is C36H44N2O2. The minimum absolute atomic E-state index is 0.763. The Bertz CT molecular complexity index is 1250. The Labute approximate surface area is 240 Å². The van der Waals surface area contributed by atoms with Crippen molar-refractivity contribution in [2.45, 2.75) is 51.4 Å². The van der Waals surface area contributed by atoms with Gasteiger partial charge in [-0.1, -0.05) is 55.0 Å². The summed E-state index contributed by atoms with van der Waals surface area (Å²) in [5.41, 5.74) is 8.41. The molecular weight excluding hydrogens is 492 g/mol. The number of piperidine rings is 1. The number of likely N-dealkylation sites (tertiary alicyclic amines) is 2. The van der Waals surface area contributed by atoms with Gasteiger partial charge in [0.05, 0.1) is 0 Å². The van der Waals surface area contributed by atoms with E-state index in [4.69, 9.17) is 9.47 Å². The second-order valence-corrected chi connectivity index (χ2v) is 11.6. The molecule has 3 aliphatic rings. The number of aryl methyl sites for hydroxylation is 1. The highest BCUT2D eigenvalue weighted by atomic mass is 16.5. The fraction of sp³-hybridized carbons (Fsp3) is 0.444. The number of hydrogen-bond donors (Lipinski definition) is 0. The highest BCUT2D eigenvalue weighted by Crippen LogP contribution is 2.39. The molecule has 0 saturated carbocycles. The summed E-state index contributed by atoms with van der Waals surface area (Å²) < 4.78 is 12.2. The third-order valence-corrected chi connectivity index (χ3v) is 8.86. The van der Waals surface area contributed by atoms with E-state index in [-0.39, 0.29) is 0 Å². The highest BCUT2D eigenvalue weighted by molar-refractivity contribution is 5.94. The summed E-state index contributed by atoms with van der Waals surface area (Å²) in [6.45, 7) is 8.45. The van der Waals surface area contributed by atoms with Crippen molar-refractivity contribution in [2.75, 3.05) is 52.5 Å². The molecule has 6 rings (SSSR count). The van der Waals surface area contributed by atoms with Crippen molar-refractivity contribution in [2.24, 2.45) is 0 Å². The molecule has 4 nitrogen and oxygen atoms in total. The molecule has 4 heteroatoms. The number of rotatable bonds is 11. The molecule has 0 atom stereocenters. The van der Waals surface area contributed by atoms with E-state index in [0.717, 1.165) is 57.1 Å². The van der Waals surface area contributed by atoms with Crippen molar-refractivity contribution in [1.29, 1.82) is 0 Å². The predicted octanol–water partition coefficient (Wildman–Crippen LogP) is 7.13. The van der Waals surface area contributed by atoms with Crippen molar-refractivity contribution in [3.05, 3.63) is 95.1 Å². The van der Waals surface area contributed by atoms with Crippen LogP contribution in [0.2, 0.25) is 0 Å². The molecule has 3 aromatic carbocycles. The van der Waals surface area contributed by atoms with E-state index >= 15 is 0 Å². The molecule has 210 valence electrons. The van der Waals surface area contributed by atoms with E-state index < -0.39 is 0 Å². The number of benzene rings is 3. The Morgan fingerprint density at radius 1 is 0.575 bits per heavy atom. The molecule has 0 unspecified atom stereocenters. The lowest BCUT2D eigenvalue weighted by Crippen LogP contribution is -2.33. The van der Waals surface area contributed by atoms with Gasteiger partial charge in [0.2, 0.25) is 0 Å². The van der Waals surface area contributed by atoms with Crippen LogP contribution in [-0.2, 0) is 12.8 Å². The third kappa shape index (κ3) is 6.97. The molecule has 40 heavy (non-hydrogen) atoms. The zero-order chi connectivity index (χ0) is 27.0. The smallest absolute Gasteiger partial charge is 0.119 e. The summed E-state index contributed by atoms with van der Waals surface area (Å²) in [5, 5.41) is 0. The molecule has 2 saturated heterocycles. The zero-order valence-corrected chi connectivity index (χ0v) is 24.0. The molecule has 2 heterocycles. The lowest BCUT2D eigenvalue weighted by Gasteiger charge is -2.26. The fourth-order valence-corrected chi connectivity index (χ4v) is 6.56. The van der Waals surface area contributed by atoms with E-state index in [1.54, 1.807) is 0 Å². The molecule has 0 N–H and O–H groups in total. The van der Waals surface area contributed by atoms with Crippen LogP contribution in [0.1, 0.15) is 60.8 Å². The summed E-state index contributed by atoms with van der Waals surface area (Å²) in [6, 6.07) is 26.6. The van der Waals surface area contributed by atoms with E-state index in [9.17, 15) is 0 Å². The number of hydrogen-bond acceptors (Lipinski definition) is 4. The van der Waals surface area contributed by atoms with Gasteiger partial charge in [0.15, 0.2) is 0 Å². The fourth-order valence-electron chi connectivity index (χ4n) is 6.56. The summed E-state index contributed by atoms with van der Waals surface area (Å²) >= 11 is 0. The van der Waals surface area contributed by atoms with Crippen LogP contribution in [0.4, 0.5) is 0 Å². The predicted molar refractivity (Wildman–Crippen MR) is 165 cm³/mol. The second kappa shape index (κ2) is 13.5. The van der Waals surface area contributed by atoms with E-state index in [1.165, 1.54) is 91.7 Å². The maximum Gasteiger partial charge on any atom is 0.119 e. The lowest BCUT2D eigenvalue weighted by atomic mass is 9.80. The van der Waals surface area contributed by atoms with Crippen LogP contribution in [0.3, 0.4) is 0 Å². The summed E-state index contributed by atoms with van der Waals surface area (Å²) in [5.74, 6) is 1.94. The standard InChI is InChI=1S/C36H44N2O2/c1-4-20-37(21-5-1)24-26-39-32-15-10-29(11-16-32)28-36-34-9-3-2-8-30(34)14-19-35(36)31-12-17-33(18-13-31)40-27-25-38-22-6-7-23-38/h2-3,8-13,15-18H,1,4-7,14,19-28H2. The second-order valence-electron chi connectivity index (χ2n) is 11.6. The van der Waals surface area contributed by atoms with Crippen LogP contribution in [-0.4, -0.2) is 62.3 Å². The quantitative estimate of drug-likeness (QED) is 0.260. The first kappa shape index (κ1) is 27.1. The molecule has 0 amide bonds. The van der Waals surface area contributed by atoms with Crippen molar-refractivity contribution in [3.8, 4) is 11.5 Å². The van der Waals surface area contributed by atoms with Crippen molar-refractivity contribution in [3.63, 3.8) is 0 Å². The number of ether oxygens (including phenoxy) is 2. The third-order valence-electron chi connectivity index (χ3n) is 8.86. The Morgan fingerprint density at radius 3 is 1.80 bits per heavy atom. The van der Waals surface area contributed by atoms with Crippen LogP contribution in [0.25, 0.3) is 11.1 Å². The highest BCUT2D eigenvalue weighted by Gasteiger charge is 2.20. The van der Waals surface area contributed by atoms with Gasteiger partial charge in [-0.2, -0.15) is 0 Å². The number of nitrogens with zero attached hydrogens (tertiary/aromatic N) is 2. The first-order chi connectivity index (χ1) is 19.8. The van der Waals surface area contributed by atoms with Gasteiger partial charge in [-0.05, 0) is 129 Å². The van der Waals surface area contributed by atoms with Gasteiger partial charge < -0.3 is 9.47 Å². The van der Waals surface area contributed by atoms with Crippen molar-refractivity contribution >= 4 is 11.1 Å². The van der Waals surface area contributed by atoms with Gasteiger partial charge in [-0.25, -0.2) is 0 Å². The molecule has 2 fully saturated rings. The lowest BCUT2D eigenvalue weighted by molar-refractivity contribution is 0.183. The SMILES string of the molecule is c1ccc2c(c1)CCC(c1ccc(OCCN3CCCC3)cc1)=C2Cc1ccc(OCCN2CCCCC2)cc1. The summed E-state index contributed by atoms with van der Waals surface area (Å²) in [6.07, 6.45) is 9.76. The number of fused-ring (bicyclic) bond motifs is 1. The maximum atomic E-state index is 6.10. The van der Waals surface area contributed by atoms with Gasteiger partial charge in [0, 0.05) is 13.1 Å². The largest absolute Gasteiger partial charge is 0.492 e. The van der Waals surface area contributed by atoms with Gasteiger partial charge in [0.1, 0.15) is 24.7 Å². The minimum Gasteiger partial charge on any atom is -0.492 e. The molecule has 2 aliphatic heterocycles. The van der Waals surface area contributed by atoms with E-state index in [1.807, 2.05) is 0 Å². The van der Waals surface area contributed by atoms with Gasteiger partial charge in [-0.15, -0.1) is 0 Å². The van der Waals surface area contributed by atoms with Gasteiger partial charge in [0.25, 0.3) is 0 Å². The minimum atomic E-state index is 0.763. The Hall–Kier alpha value is -3.08. The summed E-state index contributed by atoms with van der Waals surface area (Å²) in [7, 11) is 0. The van der Waals surface area contributed by atoms with Crippen LogP contribution in [0.15, 0.2) is 72.8 Å². The van der Waals surface area contributed by atoms with E-state index in [2.05, 4.69) is 82.6 Å². The molecule has 0 bridgehead atoms. The normalized spacial score (nSPS) is 18.1. The van der Waals surface area contributed by atoms with Gasteiger partial charge >= 0.3 is 0 Å². The molecule has 0 spiro atoms. The monoisotopic (exact) mass is 536 g/mol. The maximum absolute atomic E-state index is 6.10. The molecule has 1 aliphatic carbocycles. The average Bonchev–Trinajstić information content (AvgIpc) is 3.53. The topological polar surface area (TPSA) is 24.9 Å². The van der Waals surface area contributed by atoms with Crippen LogP contribution in [0.5, 0.6) is 11.5 Å². The molecule has 0 radical (unpaired) electrons. The average molecular weight is 537 g/mol. The van der Waals surface area contributed by atoms with Crippen LogP contribution >= 0.6 is 0 Å². The zero-order valence-electron chi connectivity index (χ0n) is 24.0. The van der Waals surface area contributed by atoms with Crippen LogP contribution in [0, 0.1) is 0 Å². The summed E-state index contributed by atoms with van der Waals surface area (Å²) in [4.78, 5) is 5.03. The first-order valence-electron chi connectivity index (χ1n) is 15.5. The Kier molecular flexibility index (Phi) is 9.16. The van der Waals surface area contributed by atoms with Crippen molar-refractivity contribution < 1.29 is 9.47 Å². The van der Waals surface area contributed by atoms with E-state index in [0.29, 0.717) is 0 Å².